The lowest BCUT2D eigenvalue weighted by Crippen LogP contribution is -2.15. The lowest BCUT2D eigenvalue weighted by Gasteiger charge is -2.09. The summed E-state index contributed by atoms with van der Waals surface area (Å²) in [7, 11) is 1.60. The van der Waals surface area contributed by atoms with Crippen LogP contribution in [0.5, 0.6) is 0 Å². The summed E-state index contributed by atoms with van der Waals surface area (Å²) in [4.78, 5) is 0. The molecular weight excluding hydrogens is 133 g/mol. The summed E-state index contributed by atoms with van der Waals surface area (Å²) in [5.41, 5.74) is 5.18. The van der Waals surface area contributed by atoms with E-state index in [1.54, 1.807) is 7.05 Å². The van der Waals surface area contributed by atoms with Crippen molar-refractivity contribution < 1.29 is 4.62 Å². The maximum atomic E-state index is 5.18. The van der Waals surface area contributed by atoms with Crippen LogP contribution in [0.3, 0.4) is 0 Å². The summed E-state index contributed by atoms with van der Waals surface area (Å²) < 4.78 is 4.18. The molecule has 1 unspecified atom stereocenters. The Hall–Kier alpha value is 0.490. The molecule has 0 aromatic carbocycles. The van der Waals surface area contributed by atoms with Gasteiger partial charge in [0.05, 0.1) is 0 Å². The van der Waals surface area contributed by atoms with Crippen LogP contribution in [0.1, 0.15) is 0 Å². The van der Waals surface area contributed by atoms with Crippen LogP contribution in [-0.2, 0) is 16.4 Å². The van der Waals surface area contributed by atoms with E-state index in [1.165, 1.54) is 0 Å². The van der Waals surface area contributed by atoms with Gasteiger partial charge in [0.25, 0.3) is 0 Å². The summed E-state index contributed by atoms with van der Waals surface area (Å²) in [6.07, 6.45) is 0. The van der Waals surface area contributed by atoms with Crippen molar-refractivity contribution in [3.63, 3.8) is 0 Å². The molecule has 0 fully saturated rings. The fourth-order valence-electron chi connectivity index (χ4n) is 0.0527. The number of hydrogen-bond donors (Lipinski definition) is 3. The topological polar surface area (TPSA) is 73.3 Å². The van der Waals surface area contributed by atoms with Gasteiger partial charge in [-0.2, -0.15) is 0 Å². The first kappa shape index (κ1) is 7.49. The van der Waals surface area contributed by atoms with Crippen LogP contribution in [0.2, 0.25) is 0 Å². The summed E-state index contributed by atoms with van der Waals surface area (Å²) in [5.74, 6) is 4.67. The Morgan fingerprint density at radius 1 is 1.86 bits per heavy atom. The van der Waals surface area contributed by atoms with Gasteiger partial charge in [-0.1, -0.05) is 0 Å². The minimum atomic E-state index is -2.29. The van der Waals surface area contributed by atoms with Crippen molar-refractivity contribution in [1.82, 2.24) is 5.09 Å². The highest BCUT2D eigenvalue weighted by molar-refractivity contribution is 8.10. The molecule has 0 aliphatic rings. The van der Waals surface area contributed by atoms with Crippen LogP contribution in [-0.4, -0.2) is 7.05 Å². The van der Waals surface area contributed by atoms with Gasteiger partial charge >= 0.3 is 0 Å². The quantitative estimate of drug-likeness (QED) is 0.349. The van der Waals surface area contributed by atoms with Crippen molar-refractivity contribution in [2.75, 3.05) is 7.05 Å². The van der Waals surface area contributed by atoms with Gasteiger partial charge in [-0.05, 0) is 18.9 Å². The zero-order chi connectivity index (χ0) is 5.91. The average Bonchev–Trinajstić information content (AvgIpc) is 1.68. The lowest BCUT2D eigenvalue weighted by atomic mass is 11.6. The summed E-state index contributed by atoms with van der Waals surface area (Å²) in [6, 6.07) is 0. The molecule has 0 heterocycles. The van der Waals surface area contributed by atoms with Crippen molar-refractivity contribution in [3.8, 4) is 0 Å². The molecule has 0 bridgehead atoms. The summed E-state index contributed by atoms with van der Waals surface area (Å²) >= 11 is 4.58. The highest BCUT2D eigenvalue weighted by atomic mass is 32.4. The number of nitrogens with two attached hydrogens (primary N) is 2. The van der Waals surface area contributed by atoms with Gasteiger partial charge in [-0.3, -0.25) is 10.6 Å². The molecule has 0 rings (SSSR count). The maximum absolute atomic E-state index is 5.18. The van der Waals surface area contributed by atoms with Crippen molar-refractivity contribution in [3.05, 3.63) is 0 Å². The highest BCUT2D eigenvalue weighted by Crippen LogP contribution is 2.27. The van der Waals surface area contributed by atoms with Gasteiger partial charge in [0.15, 0.2) is 0 Å². The Morgan fingerprint density at radius 3 is 2.29 bits per heavy atom. The van der Waals surface area contributed by atoms with E-state index in [4.69, 9.17) is 5.50 Å². The number of rotatable bonds is 2. The second kappa shape index (κ2) is 2.71. The van der Waals surface area contributed by atoms with Crippen LogP contribution in [0.15, 0.2) is 0 Å². The van der Waals surface area contributed by atoms with E-state index in [-0.39, 0.29) is 0 Å². The Labute approximate surface area is 47.4 Å². The van der Waals surface area contributed by atoms with Gasteiger partial charge in [-0.15, -0.1) is 0 Å². The average molecular weight is 141 g/mol. The Bertz CT molecular complexity index is 86.9. The molecule has 44 valence electrons. The van der Waals surface area contributed by atoms with E-state index >= 15 is 0 Å². The lowest BCUT2D eigenvalue weighted by molar-refractivity contribution is 0.367. The largest absolute Gasteiger partial charge is 0.269 e. The molecule has 0 spiro atoms. The van der Waals surface area contributed by atoms with Crippen molar-refractivity contribution in [1.29, 1.82) is 0 Å². The van der Waals surface area contributed by atoms with Crippen LogP contribution >= 0.6 is 6.57 Å². The molecular formula is CH8N3OPS. The molecule has 0 aliphatic carbocycles. The smallest absolute Gasteiger partial charge is 0.213 e. The summed E-state index contributed by atoms with van der Waals surface area (Å²) in [5, 5.41) is 2.55. The van der Waals surface area contributed by atoms with E-state index in [0.29, 0.717) is 0 Å². The molecule has 0 saturated carbocycles. The highest BCUT2D eigenvalue weighted by Gasteiger charge is 2.02. The van der Waals surface area contributed by atoms with Crippen molar-refractivity contribution in [2.24, 2.45) is 11.4 Å². The molecule has 4 nitrogen and oxygen atoms in total. The second-order valence-corrected chi connectivity index (χ2v) is 4.41. The van der Waals surface area contributed by atoms with Crippen LogP contribution in [0, 0.1) is 0 Å². The van der Waals surface area contributed by atoms with Crippen LogP contribution in [0.25, 0.3) is 0 Å². The summed E-state index contributed by atoms with van der Waals surface area (Å²) in [6.45, 7) is -2.29. The molecule has 0 amide bonds. The van der Waals surface area contributed by atoms with Gasteiger partial charge in [-0.25, -0.2) is 10.5 Å². The standard InChI is InChI=1S/CH8N3OPS/c1-4-6(3,7)5-2/h2H2,1H3,(H3,3,4,7). The normalized spacial score (nSPS) is 18.7. The molecule has 0 saturated heterocycles. The first-order chi connectivity index (χ1) is 3.12. The van der Waals surface area contributed by atoms with E-state index < -0.39 is 6.57 Å². The first-order valence-electron chi connectivity index (χ1n) is 1.58. The zero-order valence-corrected chi connectivity index (χ0v) is 5.63. The number of nitrogens with one attached hydrogen (secondary N) is 1. The molecule has 6 heteroatoms. The Kier molecular flexibility index (Phi) is 2.90. The Balaban J connectivity index is 3.61. The van der Waals surface area contributed by atoms with Crippen LogP contribution < -0.4 is 16.5 Å². The Morgan fingerprint density at radius 2 is 2.29 bits per heavy atom. The first-order valence-corrected chi connectivity index (χ1v) is 4.37. The van der Waals surface area contributed by atoms with Crippen LogP contribution in [0.4, 0.5) is 0 Å². The second-order valence-electron chi connectivity index (χ2n) is 0.926. The molecule has 1 atom stereocenters. The fraction of sp³-hybridized carbons (Fsp3) is 1.00. The molecule has 7 heavy (non-hydrogen) atoms. The van der Waals surface area contributed by atoms with Gasteiger partial charge in [0.2, 0.25) is 6.57 Å². The van der Waals surface area contributed by atoms with E-state index in [9.17, 15) is 0 Å². The van der Waals surface area contributed by atoms with E-state index in [2.05, 4.69) is 27.4 Å². The zero-order valence-electron chi connectivity index (χ0n) is 3.92. The van der Waals surface area contributed by atoms with Gasteiger partial charge in [0, 0.05) is 0 Å². The predicted octanol–water partition coefficient (Wildman–Crippen LogP) is -0.721. The fourth-order valence-corrected chi connectivity index (χ4v) is 0.158. The van der Waals surface area contributed by atoms with Gasteiger partial charge in [0.1, 0.15) is 0 Å². The van der Waals surface area contributed by atoms with E-state index in [0.717, 1.165) is 0 Å². The maximum Gasteiger partial charge on any atom is 0.213 e. The minimum absolute atomic E-state index is 1.60. The van der Waals surface area contributed by atoms with E-state index in [1.807, 2.05) is 0 Å². The third kappa shape index (κ3) is 3.11. The minimum Gasteiger partial charge on any atom is -0.269 e. The molecule has 0 aromatic heterocycles. The molecule has 0 aromatic rings. The third-order valence-electron chi connectivity index (χ3n) is 0.468. The molecule has 0 aliphatic heterocycles. The third-order valence-corrected chi connectivity index (χ3v) is 2.21. The molecule has 5 N–H and O–H groups in total. The predicted molar refractivity (Wildman–Crippen MR) is 32.8 cm³/mol. The van der Waals surface area contributed by atoms with Crippen molar-refractivity contribution in [2.45, 2.75) is 0 Å². The monoisotopic (exact) mass is 141 g/mol. The van der Waals surface area contributed by atoms with Crippen molar-refractivity contribution >= 4 is 18.4 Å². The number of hydrogen-bond acceptors (Lipinski definition) is 3. The SMILES string of the molecule is CNP(N)(=S)ON. The molecule has 0 radical (unpaired) electrons. The van der Waals surface area contributed by atoms with Gasteiger partial charge < -0.3 is 0 Å².